The maximum Gasteiger partial charge on any atom is 0.335 e. The Balaban J connectivity index is 1.53. The molecule has 0 aromatic heterocycles. The van der Waals surface area contributed by atoms with Gasteiger partial charge in [-0.2, -0.15) is 0 Å². The molecule has 1 amide bonds. The van der Waals surface area contributed by atoms with Crippen LogP contribution in [0.3, 0.4) is 0 Å². The van der Waals surface area contributed by atoms with Crippen LogP contribution in [-0.2, 0) is 17.6 Å². The van der Waals surface area contributed by atoms with Crippen molar-refractivity contribution in [1.82, 2.24) is 5.32 Å². The molecule has 0 fully saturated rings. The molecule has 6 nitrogen and oxygen atoms in total. The lowest BCUT2D eigenvalue weighted by atomic mass is 10.1. The summed E-state index contributed by atoms with van der Waals surface area (Å²) in [5, 5.41) is 12.3. The number of amides is 1. The minimum atomic E-state index is -1.01. The lowest BCUT2D eigenvalue weighted by molar-refractivity contribution is -0.120. The molecule has 1 aliphatic rings. The fourth-order valence-electron chi connectivity index (χ4n) is 2.72. The molecule has 2 aromatic rings. The normalized spacial score (nSPS) is 12.5. The maximum atomic E-state index is 12.1. The number of aromatic carboxylic acids is 1. The average Bonchev–Trinajstić information content (AvgIpc) is 2.62. The number of hydrogen-bond donors (Lipinski definition) is 2. The van der Waals surface area contributed by atoms with Crippen LogP contribution in [0, 0.1) is 0 Å². The number of carboxylic acid groups (broad SMARTS) is 1. The first kappa shape index (κ1) is 18.1. The van der Waals surface area contributed by atoms with Gasteiger partial charge in [0, 0.05) is 6.54 Å². The van der Waals surface area contributed by atoms with Crippen molar-refractivity contribution in [3.8, 4) is 11.5 Å². The number of fused-ring (bicyclic) bond motifs is 1. The first-order valence-electron chi connectivity index (χ1n) is 8.20. The van der Waals surface area contributed by atoms with Crippen LogP contribution >= 0.6 is 11.6 Å². The van der Waals surface area contributed by atoms with Gasteiger partial charge in [0.15, 0.2) is 11.5 Å². The van der Waals surface area contributed by atoms with Crippen LogP contribution in [0.4, 0.5) is 0 Å². The summed E-state index contributed by atoms with van der Waals surface area (Å²) in [6.45, 7) is 1.40. The highest BCUT2D eigenvalue weighted by atomic mass is 35.5. The second kappa shape index (κ2) is 8.10. The zero-order valence-corrected chi connectivity index (χ0v) is 14.7. The summed E-state index contributed by atoms with van der Waals surface area (Å²) >= 11 is 6.20. The quantitative estimate of drug-likeness (QED) is 0.810. The Morgan fingerprint density at radius 2 is 1.92 bits per heavy atom. The van der Waals surface area contributed by atoms with Crippen molar-refractivity contribution in [2.24, 2.45) is 0 Å². The van der Waals surface area contributed by atoms with Gasteiger partial charge in [0.2, 0.25) is 5.91 Å². The molecule has 26 heavy (non-hydrogen) atoms. The van der Waals surface area contributed by atoms with Crippen molar-refractivity contribution in [2.45, 2.75) is 12.8 Å². The molecule has 1 aliphatic heterocycles. The van der Waals surface area contributed by atoms with E-state index in [0.29, 0.717) is 48.3 Å². The van der Waals surface area contributed by atoms with Crippen LogP contribution in [0.1, 0.15) is 21.5 Å². The Morgan fingerprint density at radius 3 is 2.73 bits per heavy atom. The van der Waals surface area contributed by atoms with Gasteiger partial charge in [0.1, 0.15) is 13.2 Å². The summed E-state index contributed by atoms with van der Waals surface area (Å²) < 4.78 is 11.0. The predicted octanol–water partition coefficient (Wildman–Crippen LogP) is 2.71. The van der Waals surface area contributed by atoms with E-state index in [1.54, 1.807) is 18.2 Å². The van der Waals surface area contributed by atoms with Crippen molar-refractivity contribution in [2.75, 3.05) is 19.8 Å². The molecule has 0 bridgehead atoms. The highest BCUT2D eigenvalue weighted by Crippen LogP contribution is 2.38. The molecule has 0 saturated heterocycles. The van der Waals surface area contributed by atoms with Gasteiger partial charge in [0.25, 0.3) is 0 Å². The molecule has 0 saturated carbocycles. The van der Waals surface area contributed by atoms with E-state index in [0.717, 1.165) is 5.56 Å². The van der Waals surface area contributed by atoms with Gasteiger partial charge < -0.3 is 19.9 Å². The number of benzene rings is 2. The fraction of sp³-hybridized carbons (Fsp3) is 0.263. The summed E-state index contributed by atoms with van der Waals surface area (Å²) in [5.41, 5.74) is 1.76. The molecule has 0 atom stereocenters. The maximum absolute atomic E-state index is 12.1. The van der Waals surface area contributed by atoms with Gasteiger partial charge in [0.05, 0.1) is 17.0 Å². The van der Waals surface area contributed by atoms with Crippen LogP contribution in [0.15, 0.2) is 36.4 Å². The lowest BCUT2D eigenvalue weighted by Gasteiger charge is -2.20. The molecule has 1 heterocycles. The van der Waals surface area contributed by atoms with Gasteiger partial charge in [-0.1, -0.05) is 23.7 Å². The number of nitrogens with one attached hydrogen (secondary N) is 1. The van der Waals surface area contributed by atoms with Gasteiger partial charge in [-0.25, -0.2) is 4.79 Å². The lowest BCUT2D eigenvalue weighted by Crippen LogP contribution is -2.27. The summed E-state index contributed by atoms with van der Waals surface area (Å²) in [4.78, 5) is 23.0. The van der Waals surface area contributed by atoms with Crippen LogP contribution in [0.5, 0.6) is 11.5 Å². The molecule has 136 valence electrons. The summed E-state index contributed by atoms with van der Waals surface area (Å²) in [6.07, 6.45) is 0.723. The third-order valence-corrected chi connectivity index (χ3v) is 4.21. The van der Waals surface area contributed by atoms with Crippen molar-refractivity contribution in [1.29, 1.82) is 0 Å². The molecule has 0 aliphatic carbocycles. The largest absolute Gasteiger partial charge is 0.486 e. The van der Waals surface area contributed by atoms with Crippen molar-refractivity contribution in [3.05, 3.63) is 58.1 Å². The standard InChI is InChI=1S/C19H18ClNO5/c20-15-9-13(10-16-18(15)26-7-6-25-16)4-5-21-17(22)11-12-2-1-3-14(8-12)19(23)24/h1-3,8-10H,4-7,11H2,(H,21,22)(H,23,24). The number of carbonyl (C=O) groups excluding carboxylic acids is 1. The first-order valence-corrected chi connectivity index (χ1v) is 8.57. The molecule has 0 spiro atoms. The highest BCUT2D eigenvalue weighted by Gasteiger charge is 2.16. The average molecular weight is 376 g/mol. The minimum absolute atomic E-state index is 0.128. The van der Waals surface area contributed by atoms with Crippen LogP contribution in [-0.4, -0.2) is 36.7 Å². The number of carbonyl (C=O) groups is 2. The second-order valence-corrected chi connectivity index (χ2v) is 6.29. The van der Waals surface area contributed by atoms with Crippen molar-refractivity contribution >= 4 is 23.5 Å². The predicted molar refractivity (Wildman–Crippen MR) is 96.3 cm³/mol. The van der Waals surface area contributed by atoms with Gasteiger partial charge in [-0.15, -0.1) is 0 Å². The number of carboxylic acids is 1. The van der Waals surface area contributed by atoms with Gasteiger partial charge >= 0.3 is 5.97 Å². The number of hydrogen-bond acceptors (Lipinski definition) is 4. The van der Waals surface area contributed by atoms with Crippen molar-refractivity contribution in [3.63, 3.8) is 0 Å². The Kier molecular flexibility index (Phi) is 5.63. The Hall–Kier alpha value is -2.73. The van der Waals surface area contributed by atoms with Crippen LogP contribution < -0.4 is 14.8 Å². The smallest absolute Gasteiger partial charge is 0.335 e. The van der Waals surface area contributed by atoms with E-state index in [1.807, 2.05) is 6.07 Å². The van der Waals surface area contributed by atoms with E-state index in [-0.39, 0.29) is 17.9 Å². The summed E-state index contributed by atoms with van der Waals surface area (Å²) in [6, 6.07) is 10.0. The number of rotatable bonds is 6. The molecule has 7 heteroatoms. The number of halogens is 1. The fourth-order valence-corrected chi connectivity index (χ4v) is 3.00. The van der Waals surface area contributed by atoms with Crippen molar-refractivity contribution < 1.29 is 24.2 Å². The zero-order valence-electron chi connectivity index (χ0n) is 14.0. The third-order valence-electron chi connectivity index (χ3n) is 3.93. The molecular weight excluding hydrogens is 358 g/mol. The molecular formula is C19H18ClNO5. The first-order chi connectivity index (χ1) is 12.5. The molecule has 0 radical (unpaired) electrons. The van der Waals surface area contributed by atoms with E-state index in [1.165, 1.54) is 12.1 Å². The Bertz CT molecular complexity index is 837. The molecule has 0 unspecified atom stereocenters. The molecule has 3 rings (SSSR count). The zero-order chi connectivity index (χ0) is 18.5. The summed E-state index contributed by atoms with van der Waals surface area (Å²) in [7, 11) is 0. The van der Waals surface area contributed by atoms with E-state index < -0.39 is 5.97 Å². The van der Waals surface area contributed by atoms with Gasteiger partial charge in [-0.05, 0) is 41.8 Å². The van der Waals surface area contributed by atoms with E-state index in [9.17, 15) is 9.59 Å². The van der Waals surface area contributed by atoms with E-state index in [2.05, 4.69) is 5.32 Å². The van der Waals surface area contributed by atoms with Crippen LogP contribution in [0.25, 0.3) is 0 Å². The minimum Gasteiger partial charge on any atom is -0.486 e. The van der Waals surface area contributed by atoms with Gasteiger partial charge in [-0.3, -0.25) is 4.79 Å². The molecule has 2 aromatic carbocycles. The van der Waals surface area contributed by atoms with E-state index >= 15 is 0 Å². The van der Waals surface area contributed by atoms with Crippen LogP contribution in [0.2, 0.25) is 5.02 Å². The second-order valence-electron chi connectivity index (χ2n) is 5.88. The topological polar surface area (TPSA) is 84.9 Å². The Labute approximate surface area is 155 Å². The number of ether oxygens (including phenoxy) is 2. The summed E-state index contributed by atoms with van der Waals surface area (Å²) in [5.74, 6) is -0.00139. The Morgan fingerprint density at radius 1 is 1.12 bits per heavy atom. The monoisotopic (exact) mass is 375 g/mol. The molecule has 2 N–H and O–H groups in total. The SMILES string of the molecule is O=C(Cc1cccc(C(=O)O)c1)NCCc1cc(Cl)c2c(c1)OCCO2. The third kappa shape index (κ3) is 4.46. The van der Waals surface area contributed by atoms with E-state index in [4.69, 9.17) is 26.2 Å². The highest BCUT2D eigenvalue weighted by molar-refractivity contribution is 6.32.